The molecule has 0 aromatic rings. The molecule has 0 aliphatic rings. The number of carboxylic acid groups (broad SMARTS) is 1. The molecule has 10 N–H and O–H groups in total. The average molecular weight is 509 g/mol. The highest BCUT2D eigenvalue weighted by atomic mass is 32.2. The number of carboxylic acids is 1. The Labute approximate surface area is 201 Å². The lowest BCUT2D eigenvalue weighted by Crippen LogP contribution is -2.57. The summed E-state index contributed by atoms with van der Waals surface area (Å²) in [5.74, 6) is -4.65. The fraction of sp³-hybridized carbons (Fsp3) is 0.667. The standard InChI is InChI=1S/C18H32N6O7S2/c1-33-7-6-11(18(30)31)23-16(28)10(3-5-14(21)26)22-17(29)12(8-32)24-15(27)9(19)2-4-13(20)25/h9-12,32H,2-8,19H2,1H3,(H2,20,25)(H2,21,26)(H,22,29)(H,23,28)(H,24,27)(H,30,31). The Morgan fingerprint density at radius 3 is 1.79 bits per heavy atom. The van der Waals surface area contributed by atoms with Crippen LogP contribution >= 0.6 is 24.4 Å². The summed E-state index contributed by atoms with van der Waals surface area (Å²) in [6, 6.07) is -4.78. The molecule has 0 heterocycles. The summed E-state index contributed by atoms with van der Waals surface area (Å²) in [7, 11) is 0. The number of nitrogens with two attached hydrogens (primary N) is 3. The zero-order valence-corrected chi connectivity index (χ0v) is 20.0. The maximum atomic E-state index is 12.6. The number of primary amides is 2. The maximum absolute atomic E-state index is 12.6. The van der Waals surface area contributed by atoms with Crippen molar-refractivity contribution in [1.29, 1.82) is 0 Å². The number of nitrogens with one attached hydrogen (secondary N) is 3. The lowest BCUT2D eigenvalue weighted by molar-refractivity contribution is -0.142. The molecule has 4 unspecified atom stereocenters. The van der Waals surface area contributed by atoms with Gasteiger partial charge < -0.3 is 38.3 Å². The van der Waals surface area contributed by atoms with Crippen molar-refractivity contribution in [2.24, 2.45) is 17.2 Å². The molecule has 0 aliphatic carbocycles. The molecular formula is C18H32N6O7S2. The highest BCUT2D eigenvalue weighted by Gasteiger charge is 2.30. The van der Waals surface area contributed by atoms with Crippen LogP contribution in [0.15, 0.2) is 0 Å². The molecule has 0 bridgehead atoms. The number of aliphatic carboxylic acids is 1. The first kappa shape index (κ1) is 30.5. The molecule has 0 rings (SSSR count). The number of thiol groups is 1. The van der Waals surface area contributed by atoms with Crippen LogP contribution in [0.2, 0.25) is 0 Å². The quantitative estimate of drug-likeness (QED) is 0.0937. The van der Waals surface area contributed by atoms with Crippen LogP contribution in [0.4, 0.5) is 0 Å². The molecule has 0 aliphatic heterocycles. The molecule has 0 fully saturated rings. The highest BCUT2D eigenvalue weighted by Crippen LogP contribution is 2.05. The summed E-state index contributed by atoms with van der Waals surface area (Å²) in [5, 5.41) is 16.4. The Kier molecular flexibility index (Phi) is 14.9. The molecule has 0 saturated heterocycles. The van der Waals surface area contributed by atoms with E-state index in [1.807, 2.05) is 0 Å². The number of carbonyl (C=O) groups is 6. The fourth-order valence-corrected chi connectivity index (χ4v) is 3.22. The van der Waals surface area contributed by atoms with Crippen molar-refractivity contribution >= 4 is 59.9 Å². The molecule has 0 radical (unpaired) electrons. The van der Waals surface area contributed by atoms with Crippen LogP contribution in [-0.4, -0.2) is 82.5 Å². The third-order valence-corrected chi connectivity index (χ3v) is 5.40. The molecule has 188 valence electrons. The molecule has 0 saturated carbocycles. The van der Waals surface area contributed by atoms with Gasteiger partial charge in [-0.25, -0.2) is 4.79 Å². The zero-order valence-electron chi connectivity index (χ0n) is 18.2. The predicted molar refractivity (Wildman–Crippen MR) is 125 cm³/mol. The van der Waals surface area contributed by atoms with Gasteiger partial charge in [-0.05, 0) is 31.3 Å². The van der Waals surface area contributed by atoms with E-state index in [-0.39, 0.29) is 37.9 Å². The van der Waals surface area contributed by atoms with Gasteiger partial charge in [-0.1, -0.05) is 0 Å². The summed E-state index contributed by atoms with van der Waals surface area (Å²) >= 11 is 5.41. The van der Waals surface area contributed by atoms with E-state index in [1.54, 1.807) is 6.26 Å². The van der Waals surface area contributed by atoms with Crippen molar-refractivity contribution in [3.63, 3.8) is 0 Å². The third kappa shape index (κ3) is 12.9. The molecule has 15 heteroatoms. The SMILES string of the molecule is CSCCC(NC(=O)C(CCC(N)=O)NC(=O)C(CS)NC(=O)C(N)CCC(N)=O)C(=O)O. The summed E-state index contributed by atoms with van der Waals surface area (Å²) < 4.78 is 0. The van der Waals surface area contributed by atoms with Crippen molar-refractivity contribution in [2.45, 2.75) is 56.3 Å². The minimum Gasteiger partial charge on any atom is -0.480 e. The van der Waals surface area contributed by atoms with Gasteiger partial charge in [0.1, 0.15) is 18.1 Å². The van der Waals surface area contributed by atoms with Gasteiger partial charge in [0.2, 0.25) is 29.5 Å². The topological polar surface area (TPSA) is 237 Å². The lowest BCUT2D eigenvalue weighted by atomic mass is 10.1. The van der Waals surface area contributed by atoms with Gasteiger partial charge in [-0.2, -0.15) is 24.4 Å². The number of thioether (sulfide) groups is 1. The van der Waals surface area contributed by atoms with Crippen LogP contribution in [0, 0.1) is 0 Å². The summed E-state index contributed by atoms with van der Waals surface area (Å²) in [6.45, 7) is 0. The van der Waals surface area contributed by atoms with E-state index in [0.29, 0.717) is 5.75 Å². The lowest BCUT2D eigenvalue weighted by Gasteiger charge is -2.24. The molecule has 33 heavy (non-hydrogen) atoms. The van der Waals surface area contributed by atoms with E-state index in [0.717, 1.165) is 0 Å². The average Bonchev–Trinajstić information content (AvgIpc) is 2.74. The molecule has 5 amide bonds. The predicted octanol–water partition coefficient (Wildman–Crippen LogP) is -2.93. The van der Waals surface area contributed by atoms with Crippen LogP contribution in [0.3, 0.4) is 0 Å². The second-order valence-corrected chi connectivity index (χ2v) is 8.45. The molecule has 0 spiro atoms. The third-order valence-electron chi connectivity index (χ3n) is 4.39. The van der Waals surface area contributed by atoms with Crippen LogP contribution in [0.1, 0.15) is 32.1 Å². The molecule has 0 aromatic carbocycles. The summed E-state index contributed by atoms with van der Waals surface area (Å²) in [4.78, 5) is 70.9. The monoisotopic (exact) mass is 508 g/mol. The van der Waals surface area contributed by atoms with Crippen molar-refractivity contribution < 1.29 is 33.9 Å². The fourth-order valence-electron chi connectivity index (χ4n) is 2.49. The number of hydrogen-bond donors (Lipinski definition) is 8. The van der Waals surface area contributed by atoms with E-state index in [1.165, 1.54) is 11.8 Å². The van der Waals surface area contributed by atoms with Gasteiger partial charge in [0.15, 0.2) is 0 Å². The van der Waals surface area contributed by atoms with Crippen molar-refractivity contribution in [2.75, 3.05) is 17.8 Å². The van der Waals surface area contributed by atoms with E-state index in [2.05, 4.69) is 28.6 Å². The minimum absolute atomic E-state index is 0.0294. The van der Waals surface area contributed by atoms with Crippen molar-refractivity contribution in [1.82, 2.24) is 16.0 Å². The minimum atomic E-state index is -1.29. The van der Waals surface area contributed by atoms with Crippen LogP contribution in [0.25, 0.3) is 0 Å². The van der Waals surface area contributed by atoms with E-state index in [4.69, 9.17) is 17.2 Å². The molecular weight excluding hydrogens is 476 g/mol. The van der Waals surface area contributed by atoms with Gasteiger partial charge in [0.05, 0.1) is 6.04 Å². The Morgan fingerprint density at radius 2 is 1.30 bits per heavy atom. The normalized spacial score (nSPS) is 14.3. The molecule has 13 nitrogen and oxygen atoms in total. The Morgan fingerprint density at radius 1 is 0.818 bits per heavy atom. The van der Waals surface area contributed by atoms with Gasteiger partial charge in [0, 0.05) is 18.6 Å². The first-order valence-electron chi connectivity index (χ1n) is 9.98. The van der Waals surface area contributed by atoms with Gasteiger partial charge in [0.25, 0.3) is 0 Å². The zero-order chi connectivity index (χ0) is 25.6. The Bertz CT molecular complexity index is 724. The first-order valence-corrected chi connectivity index (χ1v) is 12.0. The number of carbonyl (C=O) groups excluding carboxylic acids is 5. The second-order valence-electron chi connectivity index (χ2n) is 7.10. The highest BCUT2D eigenvalue weighted by molar-refractivity contribution is 7.98. The van der Waals surface area contributed by atoms with E-state index < -0.39 is 59.7 Å². The number of rotatable bonds is 17. The smallest absolute Gasteiger partial charge is 0.326 e. The number of amides is 5. The van der Waals surface area contributed by atoms with Crippen molar-refractivity contribution in [3.05, 3.63) is 0 Å². The Balaban J connectivity index is 5.26. The van der Waals surface area contributed by atoms with Gasteiger partial charge >= 0.3 is 5.97 Å². The molecule has 0 aromatic heterocycles. The van der Waals surface area contributed by atoms with Crippen LogP contribution < -0.4 is 33.2 Å². The second kappa shape index (κ2) is 16.1. The largest absolute Gasteiger partial charge is 0.480 e. The number of hydrogen-bond acceptors (Lipinski definition) is 9. The molecule has 4 atom stereocenters. The van der Waals surface area contributed by atoms with Gasteiger partial charge in [-0.3, -0.25) is 24.0 Å². The van der Waals surface area contributed by atoms with E-state index >= 15 is 0 Å². The summed E-state index contributed by atoms with van der Waals surface area (Å²) in [5.41, 5.74) is 15.8. The van der Waals surface area contributed by atoms with Gasteiger partial charge in [-0.15, -0.1) is 0 Å². The Hall–Kier alpha value is -2.52. The summed E-state index contributed by atoms with van der Waals surface area (Å²) in [6.07, 6.45) is 1.34. The van der Waals surface area contributed by atoms with E-state index in [9.17, 15) is 33.9 Å². The first-order chi connectivity index (χ1) is 15.4. The van der Waals surface area contributed by atoms with Crippen molar-refractivity contribution in [3.8, 4) is 0 Å². The van der Waals surface area contributed by atoms with Crippen LogP contribution in [0.5, 0.6) is 0 Å². The maximum Gasteiger partial charge on any atom is 0.326 e. The van der Waals surface area contributed by atoms with Crippen LogP contribution in [-0.2, 0) is 28.8 Å².